The van der Waals surface area contributed by atoms with Crippen LogP contribution >= 0.6 is 0 Å². The molecule has 0 unspecified atom stereocenters. The summed E-state index contributed by atoms with van der Waals surface area (Å²) in [5.41, 5.74) is 3.17. The van der Waals surface area contributed by atoms with Crippen molar-refractivity contribution in [1.29, 1.82) is 0 Å². The second-order valence-corrected chi connectivity index (χ2v) is 5.58. The van der Waals surface area contributed by atoms with Gasteiger partial charge in [-0.3, -0.25) is 4.79 Å². The van der Waals surface area contributed by atoms with E-state index in [9.17, 15) is 15.0 Å². The number of ether oxygens (including phenoxy) is 1. The highest BCUT2D eigenvalue weighted by atomic mass is 16.5. The Hall–Kier alpha value is -3.54. The zero-order valence-electron chi connectivity index (χ0n) is 14.1. The highest BCUT2D eigenvalue weighted by molar-refractivity contribution is 6.01. The lowest BCUT2D eigenvalue weighted by molar-refractivity contribution is 0.0952. The number of amides is 1. The van der Waals surface area contributed by atoms with E-state index in [-0.39, 0.29) is 17.1 Å². The number of hydrogen-bond acceptors (Lipinski definition) is 5. The zero-order valence-corrected chi connectivity index (χ0v) is 14.1. The molecule has 1 amide bonds. The van der Waals surface area contributed by atoms with Gasteiger partial charge < -0.3 is 14.9 Å². The Bertz CT molecular complexity index is 983. The standard InChI is InChI=1S/C20H18N2O4/c1-2-26-19-9-13(7-8-17(19)23)12-21-22-20(25)16-10-14-5-3-4-6-15(14)11-18(16)24/h3-12,23-24H,2H2,1H3,(H,22,25). The minimum absolute atomic E-state index is 0.0362. The number of nitrogens with zero attached hydrogens (tertiary/aromatic N) is 1. The average molecular weight is 350 g/mol. The highest BCUT2D eigenvalue weighted by Gasteiger charge is 2.11. The molecule has 0 atom stereocenters. The number of rotatable bonds is 5. The summed E-state index contributed by atoms with van der Waals surface area (Å²) in [6.45, 7) is 2.24. The number of phenols is 2. The summed E-state index contributed by atoms with van der Waals surface area (Å²) in [6.07, 6.45) is 1.43. The van der Waals surface area contributed by atoms with Gasteiger partial charge in [-0.15, -0.1) is 0 Å². The smallest absolute Gasteiger partial charge is 0.275 e. The number of benzene rings is 3. The normalized spacial score (nSPS) is 11.0. The first-order valence-electron chi connectivity index (χ1n) is 8.09. The third-order valence-electron chi connectivity index (χ3n) is 3.77. The van der Waals surface area contributed by atoms with Crippen molar-refractivity contribution in [3.05, 3.63) is 65.7 Å². The quantitative estimate of drug-likeness (QED) is 0.486. The van der Waals surface area contributed by atoms with Gasteiger partial charge in [0.15, 0.2) is 11.5 Å². The second-order valence-electron chi connectivity index (χ2n) is 5.58. The van der Waals surface area contributed by atoms with Gasteiger partial charge in [0.2, 0.25) is 0 Å². The molecule has 0 saturated heterocycles. The predicted octanol–water partition coefficient (Wildman–Crippen LogP) is 3.41. The molecule has 3 aromatic carbocycles. The first-order chi connectivity index (χ1) is 12.6. The van der Waals surface area contributed by atoms with E-state index in [1.54, 1.807) is 24.3 Å². The van der Waals surface area contributed by atoms with E-state index in [1.165, 1.54) is 12.3 Å². The third-order valence-corrected chi connectivity index (χ3v) is 3.77. The number of carbonyl (C=O) groups excluding carboxylic acids is 1. The van der Waals surface area contributed by atoms with E-state index in [4.69, 9.17) is 4.74 Å². The van der Waals surface area contributed by atoms with E-state index < -0.39 is 5.91 Å². The van der Waals surface area contributed by atoms with Crippen LogP contribution in [0.2, 0.25) is 0 Å². The first-order valence-corrected chi connectivity index (χ1v) is 8.09. The Balaban J connectivity index is 1.75. The van der Waals surface area contributed by atoms with Crippen LogP contribution in [0, 0.1) is 0 Å². The topological polar surface area (TPSA) is 91.2 Å². The molecule has 0 aliphatic carbocycles. The first kappa shape index (κ1) is 17.3. The molecule has 6 nitrogen and oxygen atoms in total. The monoisotopic (exact) mass is 350 g/mol. The molecule has 3 N–H and O–H groups in total. The predicted molar refractivity (Wildman–Crippen MR) is 99.9 cm³/mol. The number of aromatic hydroxyl groups is 2. The van der Waals surface area contributed by atoms with E-state index in [0.29, 0.717) is 17.9 Å². The Kier molecular flexibility index (Phi) is 5.03. The number of nitrogens with one attached hydrogen (secondary N) is 1. The Morgan fingerprint density at radius 2 is 1.81 bits per heavy atom. The maximum atomic E-state index is 12.3. The van der Waals surface area contributed by atoms with Gasteiger partial charge >= 0.3 is 0 Å². The summed E-state index contributed by atoms with van der Waals surface area (Å²) in [5, 5.41) is 25.3. The number of carbonyl (C=O) groups is 1. The zero-order chi connectivity index (χ0) is 18.5. The fraction of sp³-hybridized carbons (Fsp3) is 0.100. The number of hydrogen-bond donors (Lipinski definition) is 3. The van der Waals surface area contributed by atoms with Crippen LogP contribution < -0.4 is 10.2 Å². The summed E-state index contributed by atoms with van der Waals surface area (Å²) in [5.74, 6) is -0.253. The molecule has 6 heteroatoms. The van der Waals surface area contributed by atoms with Gasteiger partial charge in [0.1, 0.15) is 5.75 Å². The summed E-state index contributed by atoms with van der Waals surface area (Å²) >= 11 is 0. The molecule has 0 saturated carbocycles. The molecular weight excluding hydrogens is 332 g/mol. The minimum atomic E-state index is -0.520. The fourth-order valence-electron chi connectivity index (χ4n) is 2.52. The Labute approximate surface area is 150 Å². The van der Waals surface area contributed by atoms with Crippen molar-refractivity contribution in [2.75, 3.05) is 6.61 Å². The maximum Gasteiger partial charge on any atom is 0.275 e. The Morgan fingerprint density at radius 1 is 1.08 bits per heavy atom. The van der Waals surface area contributed by atoms with Gasteiger partial charge in [-0.25, -0.2) is 5.43 Å². The van der Waals surface area contributed by atoms with Crippen molar-refractivity contribution in [3.63, 3.8) is 0 Å². The van der Waals surface area contributed by atoms with Gasteiger partial charge in [-0.2, -0.15) is 5.10 Å². The maximum absolute atomic E-state index is 12.3. The summed E-state index contributed by atoms with van der Waals surface area (Å²) < 4.78 is 5.30. The Morgan fingerprint density at radius 3 is 2.54 bits per heavy atom. The number of hydrazone groups is 1. The lowest BCUT2D eigenvalue weighted by atomic mass is 10.1. The van der Waals surface area contributed by atoms with Crippen molar-refractivity contribution < 1.29 is 19.7 Å². The van der Waals surface area contributed by atoms with Crippen LogP contribution in [0.1, 0.15) is 22.8 Å². The molecule has 3 aromatic rings. The van der Waals surface area contributed by atoms with Crippen LogP contribution in [0.4, 0.5) is 0 Å². The van der Waals surface area contributed by atoms with Crippen molar-refractivity contribution in [2.45, 2.75) is 6.92 Å². The number of phenolic OH excluding ortho intramolecular Hbond substituents is 2. The molecule has 3 rings (SSSR count). The van der Waals surface area contributed by atoms with Gasteiger partial charge in [-0.1, -0.05) is 24.3 Å². The summed E-state index contributed by atoms with van der Waals surface area (Å²) in [6, 6.07) is 15.3. The lowest BCUT2D eigenvalue weighted by Crippen LogP contribution is -2.17. The molecule has 26 heavy (non-hydrogen) atoms. The van der Waals surface area contributed by atoms with Gasteiger partial charge in [0.05, 0.1) is 18.4 Å². The molecule has 0 radical (unpaired) electrons. The van der Waals surface area contributed by atoms with Crippen LogP contribution in [-0.4, -0.2) is 28.9 Å². The molecule has 0 heterocycles. The van der Waals surface area contributed by atoms with Gasteiger partial charge in [-0.05, 0) is 53.6 Å². The molecule has 0 aliphatic heterocycles. The van der Waals surface area contributed by atoms with Crippen LogP contribution in [0.15, 0.2) is 59.7 Å². The van der Waals surface area contributed by atoms with E-state index in [2.05, 4.69) is 10.5 Å². The van der Waals surface area contributed by atoms with E-state index >= 15 is 0 Å². The second kappa shape index (κ2) is 7.57. The van der Waals surface area contributed by atoms with E-state index in [1.807, 2.05) is 31.2 Å². The van der Waals surface area contributed by atoms with Crippen molar-refractivity contribution in [2.24, 2.45) is 5.10 Å². The molecule has 0 fully saturated rings. The van der Waals surface area contributed by atoms with Crippen molar-refractivity contribution >= 4 is 22.9 Å². The average Bonchev–Trinajstić information content (AvgIpc) is 2.64. The summed E-state index contributed by atoms with van der Waals surface area (Å²) in [7, 11) is 0. The fourth-order valence-corrected chi connectivity index (χ4v) is 2.52. The highest BCUT2D eigenvalue weighted by Crippen LogP contribution is 2.26. The van der Waals surface area contributed by atoms with Crippen LogP contribution in [0.5, 0.6) is 17.2 Å². The largest absolute Gasteiger partial charge is 0.507 e. The molecule has 0 aromatic heterocycles. The van der Waals surface area contributed by atoms with Crippen LogP contribution in [-0.2, 0) is 0 Å². The SMILES string of the molecule is CCOc1cc(C=NNC(=O)c2cc3ccccc3cc2O)ccc1O. The number of fused-ring (bicyclic) bond motifs is 1. The lowest BCUT2D eigenvalue weighted by Gasteiger charge is -2.07. The van der Waals surface area contributed by atoms with Crippen molar-refractivity contribution in [1.82, 2.24) is 5.43 Å². The van der Waals surface area contributed by atoms with Crippen molar-refractivity contribution in [3.8, 4) is 17.2 Å². The van der Waals surface area contributed by atoms with Crippen LogP contribution in [0.25, 0.3) is 10.8 Å². The summed E-state index contributed by atoms with van der Waals surface area (Å²) in [4.78, 5) is 12.3. The van der Waals surface area contributed by atoms with Gasteiger partial charge in [0, 0.05) is 0 Å². The molecule has 0 aliphatic rings. The molecule has 0 spiro atoms. The molecule has 132 valence electrons. The minimum Gasteiger partial charge on any atom is -0.507 e. The van der Waals surface area contributed by atoms with Gasteiger partial charge in [0.25, 0.3) is 5.91 Å². The van der Waals surface area contributed by atoms with E-state index in [0.717, 1.165) is 10.8 Å². The third kappa shape index (κ3) is 3.75. The molecular formula is C20H18N2O4. The molecule has 0 bridgehead atoms. The van der Waals surface area contributed by atoms with Crippen LogP contribution in [0.3, 0.4) is 0 Å².